The van der Waals surface area contributed by atoms with Crippen molar-refractivity contribution >= 4 is 0 Å². The number of unbranched alkanes of at least 4 members (excludes halogenated alkanes) is 1. The molecule has 1 aromatic carbocycles. The van der Waals surface area contributed by atoms with Gasteiger partial charge in [-0.15, -0.1) is 0 Å². The van der Waals surface area contributed by atoms with Gasteiger partial charge in [0.1, 0.15) is 18.1 Å². The molecule has 1 unspecified atom stereocenters. The van der Waals surface area contributed by atoms with Crippen molar-refractivity contribution in [2.75, 3.05) is 6.61 Å². The van der Waals surface area contributed by atoms with Crippen LogP contribution in [-0.2, 0) is 4.74 Å². The second-order valence-electron chi connectivity index (χ2n) is 4.92. The largest absolute Gasteiger partial charge is 0.490 e. The fourth-order valence-corrected chi connectivity index (χ4v) is 2.09. The molecule has 0 aromatic heterocycles. The molecular weight excluding hydrogens is 252 g/mol. The Morgan fingerprint density at radius 2 is 2.10 bits per heavy atom. The van der Waals surface area contributed by atoms with Gasteiger partial charge >= 0.3 is 0 Å². The van der Waals surface area contributed by atoms with Crippen LogP contribution in [0, 0.1) is 0 Å². The molecule has 1 aliphatic heterocycles. The van der Waals surface area contributed by atoms with Crippen LogP contribution < -0.4 is 4.74 Å². The summed E-state index contributed by atoms with van der Waals surface area (Å²) in [5.74, 6) is 2.20. The summed E-state index contributed by atoms with van der Waals surface area (Å²) >= 11 is 0. The Kier molecular flexibility index (Phi) is 5.69. The lowest BCUT2D eigenvalue weighted by atomic mass is 10.1. The van der Waals surface area contributed by atoms with Gasteiger partial charge in [0.25, 0.3) is 0 Å². The van der Waals surface area contributed by atoms with Crippen LogP contribution in [0.15, 0.2) is 54.0 Å². The number of hydrogen-bond acceptors (Lipinski definition) is 3. The molecule has 0 fully saturated rings. The SMILES string of the molecule is CCCCC(O)CC1=C(Oc2ccccc2)C=CCO1. The number of ether oxygens (including phenoxy) is 2. The van der Waals surface area contributed by atoms with Gasteiger partial charge < -0.3 is 14.6 Å². The predicted octanol–water partition coefficient (Wildman–Crippen LogP) is 3.80. The zero-order valence-electron chi connectivity index (χ0n) is 11.9. The van der Waals surface area contributed by atoms with Gasteiger partial charge in [-0.2, -0.15) is 0 Å². The highest BCUT2D eigenvalue weighted by atomic mass is 16.5. The monoisotopic (exact) mass is 274 g/mol. The van der Waals surface area contributed by atoms with Crippen molar-refractivity contribution in [1.29, 1.82) is 0 Å². The highest BCUT2D eigenvalue weighted by Gasteiger charge is 2.16. The first kappa shape index (κ1) is 14.7. The highest BCUT2D eigenvalue weighted by Crippen LogP contribution is 2.23. The van der Waals surface area contributed by atoms with Crippen molar-refractivity contribution in [3.63, 3.8) is 0 Å². The average molecular weight is 274 g/mol. The van der Waals surface area contributed by atoms with Gasteiger partial charge in [-0.05, 0) is 30.7 Å². The summed E-state index contributed by atoms with van der Waals surface area (Å²) in [6.45, 7) is 2.66. The number of aliphatic hydroxyl groups is 1. The second-order valence-corrected chi connectivity index (χ2v) is 4.92. The molecule has 1 heterocycles. The number of benzene rings is 1. The molecule has 1 N–H and O–H groups in total. The quantitative estimate of drug-likeness (QED) is 0.821. The van der Waals surface area contributed by atoms with E-state index in [0.717, 1.165) is 30.8 Å². The topological polar surface area (TPSA) is 38.7 Å². The normalized spacial score (nSPS) is 15.9. The second kappa shape index (κ2) is 7.75. The van der Waals surface area contributed by atoms with Crippen LogP contribution in [0.2, 0.25) is 0 Å². The van der Waals surface area contributed by atoms with Gasteiger partial charge in [0.15, 0.2) is 5.76 Å². The van der Waals surface area contributed by atoms with Crippen LogP contribution in [0.3, 0.4) is 0 Å². The fourth-order valence-electron chi connectivity index (χ4n) is 2.09. The van der Waals surface area contributed by atoms with E-state index in [1.807, 2.05) is 42.5 Å². The maximum absolute atomic E-state index is 10.0. The molecule has 20 heavy (non-hydrogen) atoms. The zero-order valence-corrected chi connectivity index (χ0v) is 11.9. The summed E-state index contributed by atoms with van der Waals surface area (Å²) in [6, 6.07) is 9.61. The van der Waals surface area contributed by atoms with Crippen molar-refractivity contribution in [3.05, 3.63) is 54.0 Å². The van der Waals surface area contributed by atoms with Crippen LogP contribution in [0.25, 0.3) is 0 Å². The van der Waals surface area contributed by atoms with Gasteiger partial charge in [-0.1, -0.05) is 38.0 Å². The summed E-state index contributed by atoms with van der Waals surface area (Å²) in [6.07, 6.45) is 6.88. The average Bonchev–Trinajstić information content (AvgIpc) is 2.48. The summed E-state index contributed by atoms with van der Waals surface area (Å²) < 4.78 is 11.5. The number of para-hydroxylation sites is 1. The Balaban J connectivity index is 2.03. The lowest BCUT2D eigenvalue weighted by Crippen LogP contribution is -2.14. The highest BCUT2D eigenvalue weighted by molar-refractivity contribution is 5.29. The predicted molar refractivity (Wildman–Crippen MR) is 79.3 cm³/mol. The molecular formula is C17H22O3. The van der Waals surface area contributed by atoms with E-state index in [1.165, 1.54) is 0 Å². The van der Waals surface area contributed by atoms with Crippen LogP contribution >= 0.6 is 0 Å². The molecule has 0 radical (unpaired) electrons. The Labute approximate surface area is 120 Å². The molecule has 3 heteroatoms. The third-order valence-corrected chi connectivity index (χ3v) is 3.18. The van der Waals surface area contributed by atoms with E-state index in [4.69, 9.17) is 9.47 Å². The standard InChI is InChI=1S/C17H22O3/c1-2-3-8-14(18)13-17-16(11-7-12-19-17)20-15-9-5-4-6-10-15/h4-7,9-11,14,18H,2-3,8,12-13H2,1H3. The van der Waals surface area contributed by atoms with Crippen LogP contribution in [0.1, 0.15) is 32.6 Å². The summed E-state index contributed by atoms with van der Waals surface area (Å²) in [4.78, 5) is 0. The summed E-state index contributed by atoms with van der Waals surface area (Å²) in [5, 5.41) is 10.0. The molecule has 1 aliphatic rings. The Morgan fingerprint density at radius 3 is 2.85 bits per heavy atom. The van der Waals surface area contributed by atoms with Gasteiger partial charge in [0.05, 0.1) is 6.10 Å². The number of hydrogen-bond donors (Lipinski definition) is 1. The first-order chi connectivity index (χ1) is 9.79. The Morgan fingerprint density at radius 1 is 1.30 bits per heavy atom. The maximum atomic E-state index is 10.0. The van der Waals surface area contributed by atoms with E-state index < -0.39 is 0 Å². The minimum absolute atomic E-state index is 0.370. The molecule has 0 bridgehead atoms. The lowest BCUT2D eigenvalue weighted by Gasteiger charge is -2.20. The molecule has 3 nitrogen and oxygen atoms in total. The zero-order chi connectivity index (χ0) is 14.2. The molecule has 1 atom stereocenters. The molecule has 0 spiro atoms. The van der Waals surface area contributed by atoms with Gasteiger partial charge in [-0.3, -0.25) is 0 Å². The van der Waals surface area contributed by atoms with E-state index >= 15 is 0 Å². The van der Waals surface area contributed by atoms with Gasteiger partial charge in [0.2, 0.25) is 0 Å². The third-order valence-electron chi connectivity index (χ3n) is 3.18. The third kappa shape index (κ3) is 4.42. The molecule has 2 rings (SSSR count). The number of allylic oxidation sites excluding steroid dienone is 1. The smallest absolute Gasteiger partial charge is 0.164 e. The first-order valence-electron chi connectivity index (χ1n) is 7.23. The van der Waals surface area contributed by atoms with Crippen LogP contribution in [0.5, 0.6) is 5.75 Å². The molecule has 0 aliphatic carbocycles. The Hall–Kier alpha value is -1.74. The summed E-state index contributed by atoms with van der Waals surface area (Å²) in [7, 11) is 0. The maximum Gasteiger partial charge on any atom is 0.164 e. The minimum Gasteiger partial charge on any atom is -0.490 e. The Bertz CT molecular complexity index is 462. The van der Waals surface area contributed by atoms with Crippen LogP contribution in [-0.4, -0.2) is 17.8 Å². The molecule has 0 saturated carbocycles. The molecule has 1 aromatic rings. The van der Waals surface area contributed by atoms with Crippen LogP contribution in [0.4, 0.5) is 0 Å². The molecule has 0 saturated heterocycles. The van der Waals surface area contributed by atoms with E-state index in [9.17, 15) is 5.11 Å². The van der Waals surface area contributed by atoms with Gasteiger partial charge in [0, 0.05) is 6.42 Å². The summed E-state index contributed by atoms with van der Waals surface area (Å²) in [5.41, 5.74) is 0. The van der Waals surface area contributed by atoms with Crippen molar-refractivity contribution in [1.82, 2.24) is 0 Å². The van der Waals surface area contributed by atoms with E-state index in [0.29, 0.717) is 18.8 Å². The van der Waals surface area contributed by atoms with E-state index in [1.54, 1.807) is 0 Å². The van der Waals surface area contributed by atoms with E-state index in [-0.39, 0.29) is 6.10 Å². The lowest BCUT2D eigenvalue weighted by molar-refractivity contribution is 0.122. The van der Waals surface area contributed by atoms with Crippen molar-refractivity contribution < 1.29 is 14.6 Å². The number of aliphatic hydroxyl groups excluding tert-OH is 1. The minimum atomic E-state index is -0.370. The fraction of sp³-hybridized carbons (Fsp3) is 0.412. The first-order valence-corrected chi connectivity index (χ1v) is 7.23. The van der Waals surface area contributed by atoms with Crippen molar-refractivity contribution in [2.24, 2.45) is 0 Å². The number of rotatable bonds is 7. The van der Waals surface area contributed by atoms with Crippen molar-refractivity contribution in [2.45, 2.75) is 38.7 Å². The van der Waals surface area contributed by atoms with Gasteiger partial charge in [-0.25, -0.2) is 0 Å². The molecule has 108 valence electrons. The van der Waals surface area contributed by atoms with E-state index in [2.05, 4.69) is 6.92 Å². The van der Waals surface area contributed by atoms with Crippen molar-refractivity contribution in [3.8, 4) is 5.75 Å². The molecule has 0 amide bonds.